The van der Waals surface area contributed by atoms with Crippen molar-refractivity contribution in [2.24, 2.45) is 5.92 Å². The van der Waals surface area contributed by atoms with E-state index in [1.807, 2.05) is 11.8 Å². The number of aliphatic hydroxyl groups excluding tert-OH is 1. The summed E-state index contributed by atoms with van der Waals surface area (Å²) in [7, 11) is 0. The number of aliphatic hydroxyl groups is 1. The van der Waals surface area contributed by atoms with Crippen molar-refractivity contribution < 1.29 is 9.90 Å². The second kappa shape index (κ2) is 3.30. The van der Waals surface area contributed by atoms with Crippen molar-refractivity contribution in [3.63, 3.8) is 0 Å². The Kier molecular flexibility index (Phi) is 2.25. The molecule has 0 aromatic heterocycles. The molecule has 1 fully saturated rings. The smallest absolute Gasteiger partial charge is 0.289 e. The Bertz CT molecular complexity index is 281. The molecule has 1 unspecified atom stereocenters. The maximum Gasteiger partial charge on any atom is 0.289 e. The predicted octanol–water partition coefficient (Wildman–Crippen LogP) is 1.85. The fourth-order valence-electron chi connectivity index (χ4n) is 2.22. The molecule has 0 bridgehead atoms. The van der Waals surface area contributed by atoms with Crippen molar-refractivity contribution in [1.29, 1.82) is 0 Å². The van der Waals surface area contributed by atoms with Gasteiger partial charge in [0, 0.05) is 6.04 Å². The molecule has 3 heteroatoms. The van der Waals surface area contributed by atoms with Gasteiger partial charge in [-0.2, -0.15) is 0 Å². The lowest BCUT2D eigenvalue weighted by Crippen LogP contribution is -2.42. The fraction of sp³-hybridized carbons (Fsp3) is 0.727. The molecule has 0 radical (unpaired) electrons. The summed E-state index contributed by atoms with van der Waals surface area (Å²) in [6.07, 6.45) is 5.01. The number of hydrogen-bond acceptors (Lipinski definition) is 2. The zero-order valence-corrected chi connectivity index (χ0v) is 8.73. The summed E-state index contributed by atoms with van der Waals surface area (Å²) in [5.74, 6) is 0.410. The second-order valence-electron chi connectivity index (χ2n) is 4.32. The topological polar surface area (TPSA) is 40.5 Å². The summed E-state index contributed by atoms with van der Waals surface area (Å²) in [6, 6.07) is 0.395. The summed E-state index contributed by atoms with van der Waals surface area (Å²) in [5.41, 5.74) is 0. The molecular formula is C11H17NO2. The van der Waals surface area contributed by atoms with Gasteiger partial charge in [-0.1, -0.05) is 6.92 Å². The Morgan fingerprint density at radius 3 is 2.79 bits per heavy atom. The van der Waals surface area contributed by atoms with Gasteiger partial charge in [0.05, 0.1) is 6.04 Å². The lowest BCUT2D eigenvalue weighted by molar-refractivity contribution is -0.131. The largest absolute Gasteiger partial charge is 0.503 e. The molecule has 2 rings (SSSR count). The van der Waals surface area contributed by atoms with Gasteiger partial charge in [0.25, 0.3) is 5.91 Å². The maximum absolute atomic E-state index is 11.7. The number of rotatable bonds is 3. The Balaban J connectivity index is 2.13. The highest BCUT2D eigenvalue weighted by Gasteiger charge is 2.40. The molecule has 1 amide bonds. The molecule has 0 aromatic carbocycles. The van der Waals surface area contributed by atoms with Gasteiger partial charge in [-0.15, -0.1) is 0 Å². The maximum atomic E-state index is 11.7. The summed E-state index contributed by atoms with van der Waals surface area (Å²) in [6.45, 7) is 4.13. The predicted molar refractivity (Wildman–Crippen MR) is 53.8 cm³/mol. The van der Waals surface area contributed by atoms with E-state index in [-0.39, 0.29) is 23.8 Å². The van der Waals surface area contributed by atoms with Crippen molar-refractivity contribution in [2.45, 2.75) is 45.2 Å². The minimum absolute atomic E-state index is 0.0654. The minimum Gasteiger partial charge on any atom is -0.503 e. The summed E-state index contributed by atoms with van der Waals surface area (Å²) >= 11 is 0. The Morgan fingerprint density at radius 1 is 1.64 bits per heavy atom. The van der Waals surface area contributed by atoms with E-state index in [9.17, 15) is 9.90 Å². The van der Waals surface area contributed by atoms with Crippen molar-refractivity contribution >= 4 is 5.91 Å². The first-order valence-corrected chi connectivity index (χ1v) is 5.38. The van der Waals surface area contributed by atoms with Gasteiger partial charge in [-0.3, -0.25) is 4.79 Å². The molecule has 3 nitrogen and oxygen atoms in total. The first-order chi connectivity index (χ1) is 6.65. The zero-order valence-electron chi connectivity index (χ0n) is 8.73. The molecule has 1 aliphatic heterocycles. The van der Waals surface area contributed by atoms with Crippen LogP contribution in [0.25, 0.3) is 0 Å². The lowest BCUT2D eigenvalue weighted by Gasteiger charge is -2.30. The molecule has 0 spiro atoms. The van der Waals surface area contributed by atoms with Gasteiger partial charge in [-0.25, -0.2) is 0 Å². The lowest BCUT2D eigenvalue weighted by atomic mass is 10.1. The number of hydrogen-bond donors (Lipinski definition) is 1. The van der Waals surface area contributed by atoms with Crippen LogP contribution in [0.2, 0.25) is 0 Å². The molecule has 0 saturated heterocycles. The monoisotopic (exact) mass is 195 g/mol. The average molecular weight is 195 g/mol. The number of carbonyl (C=O) groups excluding carboxylic acids is 1. The Hall–Kier alpha value is -0.990. The van der Waals surface area contributed by atoms with E-state index in [0.29, 0.717) is 5.92 Å². The van der Waals surface area contributed by atoms with Crippen LogP contribution in [0.5, 0.6) is 0 Å². The van der Waals surface area contributed by atoms with E-state index in [1.54, 1.807) is 6.08 Å². The molecule has 1 aliphatic carbocycles. The van der Waals surface area contributed by atoms with E-state index in [2.05, 4.69) is 6.92 Å². The SMILES string of the molecule is CCC1C=C(O)C(=O)N1[C@H](C)C1CC1. The Morgan fingerprint density at radius 2 is 2.29 bits per heavy atom. The van der Waals surface area contributed by atoms with Crippen molar-refractivity contribution in [2.75, 3.05) is 0 Å². The molecule has 1 saturated carbocycles. The third kappa shape index (κ3) is 1.41. The molecule has 1 heterocycles. The van der Waals surface area contributed by atoms with Gasteiger partial charge in [-0.05, 0) is 38.2 Å². The van der Waals surface area contributed by atoms with Gasteiger partial charge >= 0.3 is 0 Å². The minimum atomic E-state index is -0.184. The first-order valence-electron chi connectivity index (χ1n) is 5.38. The first kappa shape index (κ1) is 9.56. The van der Waals surface area contributed by atoms with Crippen LogP contribution >= 0.6 is 0 Å². The van der Waals surface area contributed by atoms with Crippen LogP contribution in [0.1, 0.15) is 33.1 Å². The van der Waals surface area contributed by atoms with Crippen molar-refractivity contribution in [1.82, 2.24) is 4.90 Å². The summed E-state index contributed by atoms with van der Waals surface area (Å²) in [4.78, 5) is 13.5. The molecule has 1 N–H and O–H groups in total. The molecule has 78 valence electrons. The summed E-state index contributed by atoms with van der Waals surface area (Å²) in [5, 5.41) is 9.39. The number of amides is 1. The van der Waals surface area contributed by atoms with Gasteiger partial charge in [0.15, 0.2) is 5.76 Å². The van der Waals surface area contributed by atoms with Crippen molar-refractivity contribution in [3.05, 3.63) is 11.8 Å². The van der Waals surface area contributed by atoms with E-state index in [4.69, 9.17) is 0 Å². The number of nitrogens with zero attached hydrogens (tertiary/aromatic N) is 1. The fourth-order valence-corrected chi connectivity index (χ4v) is 2.22. The highest BCUT2D eigenvalue weighted by atomic mass is 16.3. The molecule has 0 aromatic rings. The van der Waals surface area contributed by atoms with Crippen molar-refractivity contribution in [3.8, 4) is 0 Å². The third-order valence-electron chi connectivity index (χ3n) is 3.32. The van der Waals surface area contributed by atoms with Crippen LogP contribution < -0.4 is 0 Å². The molecule has 14 heavy (non-hydrogen) atoms. The highest BCUT2D eigenvalue weighted by Crippen LogP contribution is 2.38. The summed E-state index contributed by atoms with van der Waals surface area (Å²) < 4.78 is 0. The van der Waals surface area contributed by atoms with Gasteiger partial charge in [0.2, 0.25) is 0 Å². The van der Waals surface area contributed by atoms with E-state index in [0.717, 1.165) is 6.42 Å². The second-order valence-corrected chi connectivity index (χ2v) is 4.32. The van der Waals surface area contributed by atoms with Crippen LogP contribution in [0, 0.1) is 5.92 Å². The normalized spacial score (nSPS) is 29.3. The quantitative estimate of drug-likeness (QED) is 0.746. The van der Waals surface area contributed by atoms with Gasteiger partial charge < -0.3 is 10.0 Å². The molecular weight excluding hydrogens is 178 g/mol. The standard InChI is InChI=1S/C11H17NO2/c1-3-9-6-10(13)11(14)12(9)7(2)8-4-5-8/h6-9,13H,3-5H2,1-2H3/t7-,9?/m1/s1. The Labute approximate surface area is 84.4 Å². The van der Waals surface area contributed by atoms with Crippen LogP contribution in [-0.2, 0) is 4.79 Å². The highest BCUT2D eigenvalue weighted by molar-refractivity contribution is 5.94. The van der Waals surface area contributed by atoms with E-state index in [1.165, 1.54) is 12.8 Å². The third-order valence-corrected chi connectivity index (χ3v) is 3.32. The van der Waals surface area contributed by atoms with E-state index >= 15 is 0 Å². The molecule has 2 aliphatic rings. The zero-order chi connectivity index (χ0) is 10.3. The van der Waals surface area contributed by atoms with Crippen LogP contribution in [0.3, 0.4) is 0 Å². The van der Waals surface area contributed by atoms with E-state index < -0.39 is 0 Å². The van der Waals surface area contributed by atoms with Crippen LogP contribution in [0.15, 0.2) is 11.8 Å². The van der Waals surface area contributed by atoms with Gasteiger partial charge in [0.1, 0.15) is 0 Å². The molecule has 2 atom stereocenters. The number of carbonyl (C=O) groups is 1. The van der Waals surface area contributed by atoms with Crippen LogP contribution in [0.4, 0.5) is 0 Å². The average Bonchev–Trinajstić information content (AvgIpc) is 2.95. The van der Waals surface area contributed by atoms with Crippen LogP contribution in [-0.4, -0.2) is 28.0 Å².